The first-order valence-electron chi connectivity index (χ1n) is 6.16. The van der Waals surface area contributed by atoms with Crippen LogP contribution in [-0.2, 0) is 20.1 Å². The fourth-order valence-electron chi connectivity index (χ4n) is 1.96. The van der Waals surface area contributed by atoms with E-state index in [1.807, 2.05) is 19.0 Å². The van der Waals surface area contributed by atoms with Crippen LogP contribution in [0.2, 0.25) is 10.2 Å². The lowest BCUT2D eigenvalue weighted by Crippen LogP contribution is -2.20. The predicted octanol–water partition coefficient (Wildman–Crippen LogP) is 3.27. The van der Waals surface area contributed by atoms with Gasteiger partial charge in [0.15, 0.2) is 0 Å². The smallest absolute Gasteiger partial charge is 0.269 e. The van der Waals surface area contributed by atoms with E-state index in [0.29, 0.717) is 28.8 Å². The SMILES string of the molecule is CN(Cc1cc([N+](=O)[O-])ccc1Cl)Cc1ncc(Cl)n1C. The lowest BCUT2D eigenvalue weighted by molar-refractivity contribution is -0.384. The van der Waals surface area contributed by atoms with Gasteiger partial charge >= 0.3 is 0 Å². The molecular formula is C13H14Cl2N4O2. The van der Waals surface area contributed by atoms with Crippen LogP contribution in [-0.4, -0.2) is 26.4 Å². The fourth-order valence-corrected chi connectivity index (χ4v) is 2.28. The summed E-state index contributed by atoms with van der Waals surface area (Å²) in [6, 6.07) is 4.43. The van der Waals surface area contributed by atoms with Gasteiger partial charge in [-0.2, -0.15) is 0 Å². The standard InChI is InChI=1S/C13H14Cl2N4O2/c1-17(8-13-16-6-12(15)18(13)2)7-9-5-10(19(20)21)3-4-11(9)14/h3-6H,7-8H2,1-2H3. The number of nitro groups is 1. The molecule has 2 aromatic rings. The molecule has 0 radical (unpaired) electrons. The zero-order valence-electron chi connectivity index (χ0n) is 11.6. The Morgan fingerprint density at radius 3 is 2.67 bits per heavy atom. The van der Waals surface area contributed by atoms with Crippen molar-refractivity contribution in [3.63, 3.8) is 0 Å². The van der Waals surface area contributed by atoms with Crippen LogP contribution in [0.1, 0.15) is 11.4 Å². The summed E-state index contributed by atoms with van der Waals surface area (Å²) >= 11 is 12.0. The van der Waals surface area contributed by atoms with Crippen molar-refractivity contribution in [2.45, 2.75) is 13.1 Å². The van der Waals surface area contributed by atoms with Crippen LogP contribution in [0.5, 0.6) is 0 Å². The Labute approximate surface area is 132 Å². The number of nitro benzene ring substituents is 1. The van der Waals surface area contributed by atoms with Crippen LogP contribution < -0.4 is 0 Å². The molecule has 0 aliphatic heterocycles. The van der Waals surface area contributed by atoms with Crippen molar-refractivity contribution >= 4 is 28.9 Å². The third-order valence-corrected chi connectivity index (χ3v) is 3.84. The van der Waals surface area contributed by atoms with Gasteiger partial charge in [-0.25, -0.2) is 4.98 Å². The molecule has 0 bridgehead atoms. The van der Waals surface area contributed by atoms with Crippen molar-refractivity contribution < 1.29 is 4.92 Å². The Morgan fingerprint density at radius 2 is 2.10 bits per heavy atom. The highest BCUT2D eigenvalue weighted by molar-refractivity contribution is 6.31. The largest absolute Gasteiger partial charge is 0.321 e. The molecule has 6 nitrogen and oxygen atoms in total. The average Bonchev–Trinajstić information content (AvgIpc) is 2.73. The summed E-state index contributed by atoms with van der Waals surface area (Å²) in [7, 11) is 3.72. The van der Waals surface area contributed by atoms with E-state index in [0.717, 1.165) is 5.82 Å². The summed E-state index contributed by atoms with van der Waals surface area (Å²) in [6.07, 6.45) is 1.59. The molecule has 21 heavy (non-hydrogen) atoms. The van der Waals surface area contributed by atoms with Gasteiger partial charge in [0.2, 0.25) is 0 Å². The van der Waals surface area contributed by atoms with Crippen LogP contribution in [0.25, 0.3) is 0 Å². The number of halogens is 2. The molecule has 0 atom stereocenters. The highest BCUT2D eigenvalue weighted by Gasteiger charge is 2.13. The van der Waals surface area contributed by atoms with E-state index >= 15 is 0 Å². The summed E-state index contributed by atoms with van der Waals surface area (Å²) in [6.45, 7) is 1.03. The quantitative estimate of drug-likeness (QED) is 0.624. The van der Waals surface area contributed by atoms with E-state index in [2.05, 4.69) is 4.98 Å². The van der Waals surface area contributed by atoms with Gasteiger partial charge in [0, 0.05) is 30.7 Å². The molecule has 1 heterocycles. The highest BCUT2D eigenvalue weighted by Crippen LogP contribution is 2.23. The van der Waals surface area contributed by atoms with Gasteiger partial charge in [0.05, 0.1) is 17.7 Å². The molecule has 8 heteroatoms. The molecule has 112 valence electrons. The fraction of sp³-hybridized carbons (Fsp3) is 0.308. The first-order valence-corrected chi connectivity index (χ1v) is 6.91. The number of non-ortho nitro benzene ring substituents is 1. The lowest BCUT2D eigenvalue weighted by atomic mass is 10.2. The molecule has 0 saturated heterocycles. The first-order chi connectivity index (χ1) is 9.88. The maximum atomic E-state index is 10.8. The van der Waals surface area contributed by atoms with Crippen LogP contribution in [0.4, 0.5) is 5.69 Å². The Morgan fingerprint density at radius 1 is 1.38 bits per heavy atom. The zero-order chi connectivity index (χ0) is 15.6. The third kappa shape index (κ3) is 3.72. The van der Waals surface area contributed by atoms with Gasteiger partial charge in [0.25, 0.3) is 5.69 Å². The molecule has 0 amide bonds. The van der Waals surface area contributed by atoms with Crippen molar-refractivity contribution in [1.82, 2.24) is 14.5 Å². The molecule has 0 aliphatic rings. The molecule has 0 aliphatic carbocycles. The van der Waals surface area contributed by atoms with E-state index in [-0.39, 0.29) is 5.69 Å². The Bertz CT molecular complexity index is 672. The predicted molar refractivity (Wildman–Crippen MR) is 81.5 cm³/mol. The summed E-state index contributed by atoms with van der Waals surface area (Å²) in [5, 5.41) is 11.9. The van der Waals surface area contributed by atoms with Gasteiger partial charge in [-0.15, -0.1) is 0 Å². The molecule has 0 spiro atoms. The molecule has 1 aromatic carbocycles. The maximum Gasteiger partial charge on any atom is 0.269 e. The Balaban J connectivity index is 2.12. The maximum absolute atomic E-state index is 10.8. The van der Waals surface area contributed by atoms with Crippen LogP contribution >= 0.6 is 23.2 Å². The average molecular weight is 329 g/mol. The van der Waals surface area contributed by atoms with E-state index in [1.165, 1.54) is 12.1 Å². The van der Waals surface area contributed by atoms with Gasteiger partial charge in [-0.05, 0) is 18.7 Å². The molecule has 1 aromatic heterocycles. The van der Waals surface area contributed by atoms with Crippen molar-refractivity contribution in [3.05, 3.63) is 56.1 Å². The second-order valence-corrected chi connectivity index (χ2v) is 5.56. The zero-order valence-corrected chi connectivity index (χ0v) is 13.1. The van der Waals surface area contributed by atoms with E-state index in [1.54, 1.807) is 16.8 Å². The number of nitrogens with zero attached hydrogens (tertiary/aromatic N) is 4. The molecule has 0 N–H and O–H groups in total. The summed E-state index contributed by atoms with van der Waals surface area (Å²) in [5.74, 6) is 0.809. The Hall–Kier alpha value is -1.63. The van der Waals surface area contributed by atoms with Gasteiger partial charge in [0.1, 0.15) is 11.0 Å². The van der Waals surface area contributed by atoms with Crippen LogP contribution in [0.15, 0.2) is 24.4 Å². The highest BCUT2D eigenvalue weighted by atomic mass is 35.5. The van der Waals surface area contributed by atoms with Crippen molar-refractivity contribution in [3.8, 4) is 0 Å². The number of rotatable bonds is 5. The minimum Gasteiger partial charge on any atom is -0.321 e. The third-order valence-electron chi connectivity index (χ3n) is 3.12. The first kappa shape index (κ1) is 15.8. The number of benzene rings is 1. The van der Waals surface area contributed by atoms with Crippen molar-refractivity contribution in [2.24, 2.45) is 7.05 Å². The van der Waals surface area contributed by atoms with E-state index in [9.17, 15) is 10.1 Å². The Kier molecular flexibility index (Phi) is 4.82. The second kappa shape index (κ2) is 6.43. The lowest BCUT2D eigenvalue weighted by Gasteiger charge is -2.17. The summed E-state index contributed by atoms with van der Waals surface area (Å²) < 4.78 is 1.78. The number of aromatic nitrogens is 2. The minimum atomic E-state index is -0.432. The summed E-state index contributed by atoms with van der Waals surface area (Å²) in [4.78, 5) is 16.6. The molecule has 0 unspecified atom stereocenters. The van der Waals surface area contributed by atoms with Crippen LogP contribution in [0, 0.1) is 10.1 Å². The monoisotopic (exact) mass is 328 g/mol. The minimum absolute atomic E-state index is 0.0304. The van der Waals surface area contributed by atoms with Crippen molar-refractivity contribution in [1.29, 1.82) is 0 Å². The van der Waals surface area contributed by atoms with E-state index < -0.39 is 4.92 Å². The number of hydrogen-bond acceptors (Lipinski definition) is 4. The number of imidazole rings is 1. The molecular weight excluding hydrogens is 315 g/mol. The van der Waals surface area contributed by atoms with Gasteiger partial charge < -0.3 is 4.57 Å². The molecule has 0 saturated carbocycles. The summed E-state index contributed by atoms with van der Waals surface area (Å²) in [5.41, 5.74) is 0.733. The number of hydrogen-bond donors (Lipinski definition) is 0. The normalized spacial score (nSPS) is 11.1. The van der Waals surface area contributed by atoms with Gasteiger partial charge in [-0.3, -0.25) is 15.0 Å². The van der Waals surface area contributed by atoms with Gasteiger partial charge in [-0.1, -0.05) is 23.2 Å². The van der Waals surface area contributed by atoms with Crippen molar-refractivity contribution in [2.75, 3.05) is 7.05 Å². The second-order valence-electron chi connectivity index (χ2n) is 4.76. The van der Waals surface area contributed by atoms with E-state index in [4.69, 9.17) is 23.2 Å². The molecule has 0 fully saturated rings. The molecule has 2 rings (SSSR count). The topological polar surface area (TPSA) is 64.2 Å². The van der Waals surface area contributed by atoms with Crippen LogP contribution in [0.3, 0.4) is 0 Å².